The number of nitrogens with one attached hydrogen (secondary N) is 1. The topological polar surface area (TPSA) is 86.1 Å². The summed E-state index contributed by atoms with van der Waals surface area (Å²) in [5.41, 5.74) is 1.25. The Hall–Kier alpha value is -1.65. The average Bonchev–Trinajstić information content (AvgIpc) is 3.07. The van der Waals surface area contributed by atoms with Crippen molar-refractivity contribution in [2.24, 2.45) is 0 Å². The third-order valence-electron chi connectivity index (χ3n) is 4.73. The molecule has 1 saturated heterocycles. The lowest BCUT2D eigenvalue weighted by Crippen LogP contribution is -2.48. The van der Waals surface area contributed by atoms with E-state index < -0.39 is 10.0 Å². The van der Waals surface area contributed by atoms with Gasteiger partial charge in [0.05, 0.1) is 17.1 Å². The summed E-state index contributed by atoms with van der Waals surface area (Å²) in [4.78, 5) is 6.13. The molecule has 0 radical (unpaired) electrons. The lowest BCUT2D eigenvalue weighted by Gasteiger charge is -2.34. The molecule has 0 amide bonds. The second kappa shape index (κ2) is 6.85. The second-order valence-electron chi connectivity index (χ2n) is 6.37. The molecule has 1 aromatic rings. The van der Waals surface area contributed by atoms with E-state index in [1.807, 2.05) is 12.1 Å². The highest BCUT2D eigenvalue weighted by molar-refractivity contribution is 7.90. The number of hydrogen-bond acceptors (Lipinski definition) is 5. The maximum Gasteiger partial charge on any atom is 0.216 e. The molecule has 0 bridgehead atoms. The standard InChI is InChI=1S/C16H22N4O2S/c17-10-14-7-8-15(11-18-14)20-9-3-6-16(12-20)23(21,22)19-13-4-1-2-5-13/h7-8,11,13,16,19H,1-6,9,12H2/t16-/m0/s1. The molecule has 1 aliphatic carbocycles. The molecule has 2 aliphatic rings. The Morgan fingerprint density at radius 3 is 2.65 bits per heavy atom. The van der Waals surface area contributed by atoms with Gasteiger partial charge in [0.15, 0.2) is 0 Å². The largest absolute Gasteiger partial charge is 0.369 e. The number of pyridine rings is 1. The Labute approximate surface area is 137 Å². The summed E-state index contributed by atoms with van der Waals surface area (Å²) >= 11 is 0. The van der Waals surface area contributed by atoms with Crippen molar-refractivity contribution in [1.29, 1.82) is 5.26 Å². The lowest BCUT2D eigenvalue weighted by atomic mass is 10.1. The van der Waals surface area contributed by atoms with Crippen LogP contribution < -0.4 is 9.62 Å². The van der Waals surface area contributed by atoms with E-state index in [9.17, 15) is 8.42 Å². The number of sulfonamides is 1. The van der Waals surface area contributed by atoms with E-state index in [1.54, 1.807) is 12.3 Å². The number of aromatic nitrogens is 1. The molecular formula is C16H22N4O2S. The van der Waals surface area contributed by atoms with Crippen molar-refractivity contribution in [1.82, 2.24) is 9.71 Å². The van der Waals surface area contributed by atoms with E-state index in [2.05, 4.69) is 14.6 Å². The van der Waals surface area contributed by atoms with Crippen LogP contribution in [0.5, 0.6) is 0 Å². The molecule has 1 aliphatic heterocycles. The maximum atomic E-state index is 12.6. The molecule has 2 fully saturated rings. The van der Waals surface area contributed by atoms with Gasteiger partial charge in [-0.05, 0) is 37.8 Å². The molecular weight excluding hydrogens is 312 g/mol. The monoisotopic (exact) mass is 334 g/mol. The molecule has 0 spiro atoms. The van der Waals surface area contributed by atoms with Crippen LogP contribution in [0.1, 0.15) is 44.2 Å². The lowest BCUT2D eigenvalue weighted by molar-refractivity contribution is 0.506. The summed E-state index contributed by atoms with van der Waals surface area (Å²) in [6.07, 6.45) is 7.32. The van der Waals surface area contributed by atoms with Crippen molar-refractivity contribution >= 4 is 15.7 Å². The molecule has 23 heavy (non-hydrogen) atoms. The first kappa shape index (κ1) is 16.2. The van der Waals surface area contributed by atoms with Gasteiger partial charge in [0, 0.05) is 19.1 Å². The van der Waals surface area contributed by atoms with Crippen LogP contribution in [0.25, 0.3) is 0 Å². The van der Waals surface area contributed by atoms with Gasteiger partial charge >= 0.3 is 0 Å². The smallest absolute Gasteiger partial charge is 0.216 e. The summed E-state index contributed by atoms with van der Waals surface area (Å²) in [7, 11) is -3.28. The fourth-order valence-electron chi connectivity index (χ4n) is 3.44. The second-order valence-corrected chi connectivity index (χ2v) is 8.36. The van der Waals surface area contributed by atoms with Crippen molar-refractivity contribution in [3.63, 3.8) is 0 Å². The molecule has 0 aromatic carbocycles. The van der Waals surface area contributed by atoms with Gasteiger partial charge in [-0.1, -0.05) is 12.8 Å². The molecule has 0 unspecified atom stereocenters. The van der Waals surface area contributed by atoms with Crippen molar-refractivity contribution in [3.8, 4) is 6.07 Å². The van der Waals surface area contributed by atoms with Crippen LogP contribution in [0.2, 0.25) is 0 Å². The summed E-state index contributed by atoms with van der Waals surface area (Å²) in [6, 6.07) is 5.62. The van der Waals surface area contributed by atoms with Crippen molar-refractivity contribution in [2.75, 3.05) is 18.0 Å². The fourth-order valence-corrected chi connectivity index (χ4v) is 5.18. The Morgan fingerprint density at radius 2 is 2.00 bits per heavy atom. The van der Waals surface area contributed by atoms with E-state index in [4.69, 9.17) is 5.26 Å². The van der Waals surface area contributed by atoms with E-state index in [0.29, 0.717) is 18.7 Å². The zero-order valence-electron chi connectivity index (χ0n) is 13.1. The number of piperidine rings is 1. The number of hydrogen-bond donors (Lipinski definition) is 1. The van der Waals surface area contributed by atoms with E-state index in [0.717, 1.165) is 44.3 Å². The van der Waals surface area contributed by atoms with Gasteiger partial charge < -0.3 is 4.90 Å². The highest BCUT2D eigenvalue weighted by Crippen LogP contribution is 2.24. The van der Waals surface area contributed by atoms with Crippen LogP contribution >= 0.6 is 0 Å². The first-order valence-electron chi connectivity index (χ1n) is 8.21. The fraction of sp³-hybridized carbons (Fsp3) is 0.625. The third-order valence-corrected chi connectivity index (χ3v) is 6.65. The van der Waals surface area contributed by atoms with Gasteiger partial charge in [0.1, 0.15) is 11.8 Å². The third kappa shape index (κ3) is 3.82. The summed E-state index contributed by atoms with van der Waals surface area (Å²) < 4.78 is 28.1. The predicted octanol–water partition coefficient (Wildman–Crippen LogP) is 1.78. The van der Waals surface area contributed by atoms with Crippen molar-refractivity contribution in [3.05, 3.63) is 24.0 Å². The van der Waals surface area contributed by atoms with Gasteiger partial charge in [-0.15, -0.1) is 0 Å². The number of rotatable bonds is 4. The van der Waals surface area contributed by atoms with Crippen LogP contribution in [0.3, 0.4) is 0 Å². The molecule has 7 heteroatoms. The molecule has 2 heterocycles. The van der Waals surface area contributed by atoms with Crippen molar-refractivity contribution in [2.45, 2.75) is 49.8 Å². The summed E-state index contributed by atoms with van der Waals surface area (Å²) in [5, 5.41) is 8.43. The van der Waals surface area contributed by atoms with Crippen LogP contribution in [-0.2, 0) is 10.0 Å². The van der Waals surface area contributed by atoms with Crippen LogP contribution in [0.15, 0.2) is 18.3 Å². The molecule has 3 rings (SSSR count). The van der Waals surface area contributed by atoms with Gasteiger partial charge in [0.2, 0.25) is 10.0 Å². The zero-order chi connectivity index (χ0) is 16.3. The van der Waals surface area contributed by atoms with E-state index in [-0.39, 0.29) is 11.3 Å². The number of nitrogens with zero attached hydrogens (tertiary/aromatic N) is 3. The Bertz CT molecular complexity index is 675. The molecule has 1 saturated carbocycles. The van der Waals surface area contributed by atoms with Gasteiger partial charge in [-0.2, -0.15) is 5.26 Å². The van der Waals surface area contributed by atoms with E-state index in [1.165, 1.54) is 0 Å². The number of nitriles is 1. The SMILES string of the molecule is N#Cc1ccc(N2CCC[C@H](S(=O)(=O)NC3CCCC3)C2)cn1. The minimum atomic E-state index is -3.28. The van der Waals surface area contributed by atoms with Crippen LogP contribution in [0.4, 0.5) is 5.69 Å². The van der Waals surface area contributed by atoms with Crippen LogP contribution in [-0.4, -0.2) is 37.8 Å². The zero-order valence-corrected chi connectivity index (χ0v) is 13.9. The molecule has 1 aromatic heterocycles. The van der Waals surface area contributed by atoms with Gasteiger partial charge in [0.25, 0.3) is 0 Å². The first-order chi connectivity index (χ1) is 11.1. The van der Waals surface area contributed by atoms with Gasteiger partial charge in [-0.3, -0.25) is 0 Å². The highest BCUT2D eigenvalue weighted by atomic mass is 32.2. The minimum Gasteiger partial charge on any atom is -0.369 e. The van der Waals surface area contributed by atoms with Gasteiger partial charge in [-0.25, -0.2) is 18.1 Å². The molecule has 124 valence electrons. The van der Waals surface area contributed by atoms with Crippen molar-refractivity contribution < 1.29 is 8.42 Å². The Kier molecular flexibility index (Phi) is 4.83. The number of anilines is 1. The highest BCUT2D eigenvalue weighted by Gasteiger charge is 2.33. The minimum absolute atomic E-state index is 0.118. The normalized spacial score (nSPS) is 22.9. The Morgan fingerprint density at radius 1 is 1.22 bits per heavy atom. The predicted molar refractivity (Wildman–Crippen MR) is 88.5 cm³/mol. The molecule has 1 N–H and O–H groups in total. The Balaban J connectivity index is 1.68. The maximum absolute atomic E-state index is 12.6. The first-order valence-corrected chi connectivity index (χ1v) is 9.75. The molecule has 1 atom stereocenters. The molecule has 6 nitrogen and oxygen atoms in total. The van der Waals surface area contributed by atoms with E-state index >= 15 is 0 Å². The summed E-state index contributed by atoms with van der Waals surface area (Å²) in [6.45, 7) is 1.30. The summed E-state index contributed by atoms with van der Waals surface area (Å²) in [5.74, 6) is 0. The average molecular weight is 334 g/mol. The quantitative estimate of drug-likeness (QED) is 0.907. The van der Waals surface area contributed by atoms with Crippen LogP contribution in [0, 0.1) is 11.3 Å².